The number of hydrogen-bond donors (Lipinski definition) is 1. The van der Waals surface area contributed by atoms with Crippen LogP contribution in [0, 0.1) is 12.8 Å². The number of likely N-dealkylation sites (tertiary alicyclic amines) is 1. The smallest absolute Gasteiger partial charge is 0.0501 e. The quantitative estimate of drug-likeness (QED) is 0.750. The van der Waals surface area contributed by atoms with Crippen molar-refractivity contribution in [3.8, 4) is 0 Å². The number of hydrogen-bond acceptors (Lipinski definition) is 2. The van der Waals surface area contributed by atoms with Gasteiger partial charge in [-0.25, -0.2) is 0 Å². The lowest BCUT2D eigenvalue weighted by molar-refractivity contribution is 0.176. The molecule has 1 N–H and O–H groups in total. The topological polar surface area (TPSA) is 15.3 Å². The van der Waals surface area contributed by atoms with Gasteiger partial charge in [0.05, 0.1) is 5.69 Å². The fourth-order valence-electron chi connectivity index (χ4n) is 3.11. The zero-order valence-corrected chi connectivity index (χ0v) is 15.6. The highest BCUT2D eigenvalue weighted by molar-refractivity contribution is 9.10. The van der Waals surface area contributed by atoms with Crippen LogP contribution in [0.1, 0.15) is 38.7 Å². The number of aryl methyl sites for hydroxylation is 1. The van der Waals surface area contributed by atoms with Crippen molar-refractivity contribution < 1.29 is 0 Å². The van der Waals surface area contributed by atoms with Gasteiger partial charge >= 0.3 is 0 Å². The van der Waals surface area contributed by atoms with E-state index in [1.165, 1.54) is 38.9 Å². The van der Waals surface area contributed by atoms with E-state index in [1.54, 1.807) is 0 Å². The minimum atomic E-state index is 0.476. The van der Waals surface area contributed by atoms with Crippen molar-refractivity contribution in [2.24, 2.45) is 5.92 Å². The van der Waals surface area contributed by atoms with Crippen molar-refractivity contribution in [1.29, 1.82) is 0 Å². The van der Waals surface area contributed by atoms with Crippen molar-refractivity contribution in [3.63, 3.8) is 0 Å². The molecule has 1 fully saturated rings. The molecule has 0 bridgehead atoms. The monoisotopic (exact) mass is 372 g/mol. The summed E-state index contributed by atoms with van der Waals surface area (Å²) >= 11 is 9.88. The fourth-order valence-corrected chi connectivity index (χ4v) is 3.85. The normalized spacial score (nSPS) is 18.7. The standard InChI is InChI=1S/C17H26BrClN2/c1-4-7-21-8-5-14(6-9-21)13(3)20-17-11-16(19)12(2)10-15(17)18/h10-11,13-14,20H,4-9H2,1-3H3. The maximum atomic E-state index is 6.24. The molecule has 1 aliphatic rings. The van der Waals surface area contributed by atoms with Gasteiger partial charge in [0.15, 0.2) is 0 Å². The third-order valence-electron chi connectivity index (χ3n) is 4.51. The Morgan fingerprint density at radius 1 is 1.38 bits per heavy atom. The second kappa shape index (κ2) is 7.85. The Morgan fingerprint density at radius 2 is 2.05 bits per heavy atom. The van der Waals surface area contributed by atoms with Crippen molar-refractivity contribution in [3.05, 3.63) is 27.2 Å². The highest BCUT2D eigenvalue weighted by Crippen LogP contribution is 2.31. The Balaban J connectivity index is 1.93. The first-order chi connectivity index (χ1) is 10.0. The predicted octanol–water partition coefficient (Wildman–Crippen LogP) is 5.33. The Bertz CT molecular complexity index is 470. The average molecular weight is 374 g/mol. The van der Waals surface area contributed by atoms with Gasteiger partial charge in [0.2, 0.25) is 0 Å². The molecule has 1 aromatic rings. The highest BCUT2D eigenvalue weighted by Gasteiger charge is 2.23. The molecule has 1 unspecified atom stereocenters. The largest absolute Gasteiger partial charge is 0.381 e. The van der Waals surface area contributed by atoms with Gasteiger partial charge in [0.25, 0.3) is 0 Å². The third kappa shape index (κ3) is 4.61. The summed E-state index contributed by atoms with van der Waals surface area (Å²) in [6, 6.07) is 4.59. The predicted molar refractivity (Wildman–Crippen MR) is 96.4 cm³/mol. The summed E-state index contributed by atoms with van der Waals surface area (Å²) in [6.45, 7) is 10.3. The van der Waals surface area contributed by atoms with Crippen LogP contribution in [0.5, 0.6) is 0 Å². The van der Waals surface area contributed by atoms with Gasteiger partial charge in [0.1, 0.15) is 0 Å². The summed E-state index contributed by atoms with van der Waals surface area (Å²) in [5.74, 6) is 0.741. The van der Waals surface area contributed by atoms with E-state index in [1.807, 2.05) is 13.0 Å². The van der Waals surface area contributed by atoms with E-state index in [9.17, 15) is 0 Å². The molecule has 2 rings (SSSR count). The van der Waals surface area contributed by atoms with E-state index >= 15 is 0 Å². The minimum absolute atomic E-state index is 0.476. The van der Waals surface area contributed by atoms with Crippen molar-refractivity contribution in [1.82, 2.24) is 4.90 Å². The molecule has 0 amide bonds. The maximum absolute atomic E-state index is 6.24. The first-order valence-corrected chi connectivity index (χ1v) is 9.13. The van der Waals surface area contributed by atoms with Crippen LogP contribution in [0.15, 0.2) is 16.6 Å². The van der Waals surface area contributed by atoms with Gasteiger partial charge in [-0.15, -0.1) is 0 Å². The van der Waals surface area contributed by atoms with E-state index in [2.05, 4.69) is 46.1 Å². The molecule has 1 aromatic carbocycles. The molecule has 1 atom stereocenters. The molecule has 0 spiro atoms. The SMILES string of the molecule is CCCN1CCC(C(C)Nc2cc(Cl)c(C)cc2Br)CC1. The highest BCUT2D eigenvalue weighted by atomic mass is 79.9. The number of rotatable bonds is 5. The minimum Gasteiger partial charge on any atom is -0.381 e. The molecular formula is C17H26BrClN2. The number of piperidine rings is 1. The molecule has 2 nitrogen and oxygen atoms in total. The molecule has 4 heteroatoms. The van der Waals surface area contributed by atoms with E-state index in [0.717, 1.165) is 26.7 Å². The maximum Gasteiger partial charge on any atom is 0.0501 e. The molecule has 0 saturated carbocycles. The van der Waals surface area contributed by atoms with Crippen LogP contribution in [0.4, 0.5) is 5.69 Å². The van der Waals surface area contributed by atoms with Gasteiger partial charge in [0, 0.05) is 15.5 Å². The molecule has 0 aromatic heterocycles. The number of nitrogens with one attached hydrogen (secondary N) is 1. The van der Waals surface area contributed by atoms with Crippen LogP contribution in [-0.4, -0.2) is 30.6 Å². The lowest BCUT2D eigenvalue weighted by Crippen LogP contribution is -2.39. The van der Waals surface area contributed by atoms with Crippen LogP contribution in [0.3, 0.4) is 0 Å². The zero-order valence-electron chi connectivity index (χ0n) is 13.3. The van der Waals surface area contributed by atoms with Gasteiger partial charge in [-0.2, -0.15) is 0 Å². The molecule has 1 heterocycles. The summed E-state index contributed by atoms with van der Waals surface area (Å²) in [5, 5.41) is 4.47. The Kier molecular flexibility index (Phi) is 6.39. The van der Waals surface area contributed by atoms with Gasteiger partial charge in [-0.1, -0.05) is 18.5 Å². The fraction of sp³-hybridized carbons (Fsp3) is 0.647. The third-order valence-corrected chi connectivity index (χ3v) is 5.57. The molecule has 0 radical (unpaired) electrons. The zero-order chi connectivity index (χ0) is 15.4. The van der Waals surface area contributed by atoms with Crippen molar-refractivity contribution in [2.75, 3.05) is 25.0 Å². The Hall–Kier alpha value is -0.250. The first kappa shape index (κ1) is 17.1. The Labute approximate surface area is 142 Å². The average Bonchev–Trinajstić information content (AvgIpc) is 2.46. The second-order valence-corrected chi connectivity index (χ2v) is 7.45. The first-order valence-electron chi connectivity index (χ1n) is 7.95. The van der Waals surface area contributed by atoms with E-state index in [-0.39, 0.29) is 0 Å². The Morgan fingerprint density at radius 3 is 2.67 bits per heavy atom. The van der Waals surface area contributed by atoms with E-state index < -0.39 is 0 Å². The van der Waals surface area contributed by atoms with Gasteiger partial charge in [-0.3, -0.25) is 0 Å². The van der Waals surface area contributed by atoms with E-state index in [4.69, 9.17) is 11.6 Å². The second-order valence-electron chi connectivity index (χ2n) is 6.19. The van der Waals surface area contributed by atoms with Crippen molar-refractivity contribution in [2.45, 2.75) is 46.1 Å². The van der Waals surface area contributed by atoms with E-state index in [0.29, 0.717) is 6.04 Å². The van der Waals surface area contributed by atoms with Crippen LogP contribution < -0.4 is 5.32 Å². The van der Waals surface area contributed by atoms with Crippen LogP contribution in [0.2, 0.25) is 5.02 Å². The summed E-state index contributed by atoms with van der Waals surface area (Å²) < 4.78 is 1.10. The molecule has 1 aliphatic heterocycles. The van der Waals surface area contributed by atoms with Gasteiger partial charge < -0.3 is 10.2 Å². The van der Waals surface area contributed by atoms with Crippen LogP contribution in [0.25, 0.3) is 0 Å². The summed E-state index contributed by atoms with van der Waals surface area (Å²) in [7, 11) is 0. The lowest BCUT2D eigenvalue weighted by Gasteiger charge is -2.35. The number of anilines is 1. The summed E-state index contributed by atoms with van der Waals surface area (Å²) in [4.78, 5) is 2.59. The van der Waals surface area contributed by atoms with Gasteiger partial charge in [-0.05, 0) is 92.3 Å². The van der Waals surface area contributed by atoms with Crippen LogP contribution >= 0.6 is 27.5 Å². The van der Waals surface area contributed by atoms with Crippen molar-refractivity contribution >= 4 is 33.2 Å². The molecule has 21 heavy (non-hydrogen) atoms. The molecular weight excluding hydrogens is 348 g/mol. The molecule has 1 saturated heterocycles. The van der Waals surface area contributed by atoms with Crippen LogP contribution in [-0.2, 0) is 0 Å². The molecule has 0 aliphatic carbocycles. The summed E-state index contributed by atoms with van der Waals surface area (Å²) in [5.41, 5.74) is 2.21. The lowest BCUT2D eigenvalue weighted by atomic mass is 9.90. The summed E-state index contributed by atoms with van der Waals surface area (Å²) in [6.07, 6.45) is 3.82. The number of nitrogens with zero attached hydrogens (tertiary/aromatic N) is 1. The molecule has 118 valence electrons. The number of benzene rings is 1. The number of halogens is 2.